The van der Waals surface area contributed by atoms with Gasteiger partial charge in [0.05, 0.1) is 6.61 Å². The Bertz CT molecular complexity index is 574. The van der Waals surface area contributed by atoms with Crippen LogP contribution >= 0.6 is 11.6 Å². The van der Waals surface area contributed by atoms with E-state index in [2.05, 4.69) is 15.0 Å². The van der Waals surface area contributed by atoms with Gasteiger partial charge in [0.25, 0.3) is 0 Å². The first kappa shape index (κ1) is 13.5. The Hall–Kier alpha value is -1.88. The Morgan fingerprint density at radius 1 is 1.21 bits per heavy atom. The molecule has 0 aliphatic carbocycles. The van der Waals surface area contributed by atoms with Crippen molar-refractivity contribution >= 4 is 17.5 Å². The number of nitrogens with zero attached hydrogens (tertiary/aromatic N) is 4. The summed E-state index contributed by atoms with van der Waals surface area (Å²) in [6.07, 6.45) is 0. The van der Waals surface area contributed by atoms with Crippen molar-refractivity contribution in [2.24, 2.45) is 0 Å². The first-order valence-electron chi connectivity index (χ1n) is 5.92. The van der Waals surface area contributed by atoms with E-state index < -0.39 is 0 Å². The summed E-state index contributed by atoms with van der Waals surface area (Å²) in [5.41, 5.74) is 0.846. The minimum Gasteiger partial charge on any atom is -0.494 e. The minimum atomic E-state index is 0.176. The van der Waals surface area contributed by atoms with E-state index in [4.69, 9.17) is 16.3 Å². The van der Waals surface area contributed by atoms with Crippen molar-refractivity contribution in [3.8, 4) is 17.1 Å². The molecule has 1 aromatic heterocycles. The van der Waals surface area contributed by atoms with Gasteiger partial charge in [-0.2, -0.15) is 15.0 Å². The van der Waals surface area contributed by atoms with Gasteiger partial charge in [-0.05, 0) is 30.7 Å². The first-order valence-corrected chi connectivity index (χ1v) is 6.30. The summed E-state index contributed by atoms with van der Waals surface area (Å²) in [7, 11) is 3.71. The van der Waals surface area contributed by atoms with Gasteiger partial charge in [0.1, 0.15) is 5.75 Å². The summed E-state index contributed by atoms with van der Waals surface area (Å²) in [4.78, 5) is 14.4. The van der Waals surface area contributed by atoms with E-state index in [1.165, 1.54) is 0 Å². The van der Waals surface area contributed by atoms with Crippen LogP contribution in [0.5, 0.6) is 5.75 Å². The van der Waals surface area contributed by atoms with Gasteiger partial charge in [-0.25, -0.2) is 0 Å². The van der Waals surface area contributed by atoms with Gasteiger partial charge < -0.3 is 9.64 Å². The van der Waals surface area contributed by atoms with Crippen LogP contribution < -0.4 is 9.64 Å². The van der Waals surface area contributed by atoms with Crippen LogP contribution in [0.3, 0.4) is 0 Å². The van der Waals surface area contributed by atoms with Gasteiger partial charge in [-0.15, -0.1) is 0 Å². The lowest BCUT2D eigenvalue weighted by Crippen LogP contribution is -2.13. The summed E-state index contributed by atoms with van der Waals surface area (Å²) in [6.45, 7) is 2.56. The van der Waals surface area contributed by atoms with Gasteiger partial charge >= 0.3 is 0 Å². The molecule has 0 amide bonds. The zero-order valence-electron chi connectivity index (χ0n) is 11.1. The maximum absolute atomic E-state index is 5.92. The van der Waals surface area contributed by atoms with Crippen molar-refractivity contribution in [3.05, 3.63) is 29.5 Å². The summed E-state index contributed by atoms with van der Waals surface area (Å²) >= 11 is 5.92. The second kappa shape index (κ2) is 5.84. The summed E-state index contributed by atoms with van der Waals surface area (Å²) in [5, 5.41) is 0.176. The molecule has 0 aliphatic heterocycles. The molecule has 2 aromatic rings. The molecule has 5 nitrogen and oxygen atoms in total. The van der Waals surface area contributed by atoms with E-state index in [-0.39, 0.29) is 5.28 Å². The fourth-order valence-electron chi connectivity index (χ4n) is 1.56. The Morgan fingerprint density at radius 2 is 2.00 bits per heavy atom. The van der Waals surface area contributed by atoms with Crippen LogP contribution in [0.4, 0.5) is 5.95 Å². The molecular weight excluding hydrogens is 264 g/mol. The standard InChI is InChI=1S/C13H15ClN4O/c1-4-19-10-7-5-6-9(8-10)11-15-12(14)17-13(16-11)18(2)3/h5-8H,4H2,1-3H3. The lowest BCUT2D eigenvalue weighted by Gasteiger charge is -2.11. The largest absolute Gasteiger partial charge is 0.494 e. The maximum Gasteiger partial charge on any atom is 0.229 e. The van der Waals surface area contributed by atoms with Crippen LogP contribution in [0.25, 0.3) is 11.4 Å². The number of hydrogen-bond donors (Lipinski definition) is 0. The Kier molecular flexibility index (Phi) is 4.16. The second-order valence-corrected chi connectivity index (χ2v) is 4.42. The number of hydrogen-bond acceptors (Lipinski definition) is 5. The van der Waals surface area contributed by atoms with Crippen molar-refractivity contribution in [3.63, 3.8) is 0 Å². The molecule has 1 aromatic carbocycles. The maximum atomic E-state index is 5.92. The summed E-state index contributed by atoms with van der Waals surface area (Å²) in [5.74, 6) is 1.84. The topological polar surface area (TPSA) is 51.1 Å². The highest BCUT2D eigenvalue weighted by atomic mass is 35.5. The minimum absolute atomic E-state index is 0.176. The van der Waals surface area contributed by atoms with Gasteiger partial charge in [0, 0.05) is 19.7 Å². The molecule has 19 heavy (non-hydrogen) atoms. The van der Waals surface area contributed by atoms with Crippen molar-refractivity contribution in [2.75, 3.05) is 25.6 Å². The fourth-order valence-corrected chi connectivity index (χ4v) is 1.72. The third kappa shape index (κ3) is 3.32. The molecule has 0 unspecified atom stereocenters. The third-order valence-electron chi connectivity index (χ3n) is 2.40. The number of halogens is 1. The van der Waals surface area contributed by atoms with E-state index in [0.29, 0.717) is 18.4 Å². The second-order valence-electron chi connectivity index (χ2n) is 4.08. The average molecular weight is 279 g/mol. The number of rotatable bonds is 4. The monoisotopic (exact) mass is 278 g/mol. The lowest BCUT2D eigenvalue weighted by atomic mass is 10.2. The molecule has 0 saturated carbocycles. The molecule has 0 bridgehead atoms. The number of ether oxygens (including phenoxy) is 1. The fraction of sp³-hybridized carbons (Fsp3) is 0.308. The molecule has 1 heterocycles. The zero-order chi connectivity index (χ0) is 13.8. The molecule has 0 spiro atoms. The van der Waals surface area contributed by atoms with Crippen LogP contribution in [-0.2, 0) is 0 Å². The van der Waals surface area contributed by atoms with Gasteiger partial charge in [-0.1, -0.05) is 12.1 Å². The molecule has 6 heteroatoms. The van der Waals surface area contributed by atoms with Crippen LogP contribution in [-0.4, -0.2) is 35.7 Å². The normalized spacial score (nSPS) is 10.3. The van der Waals surface area contributed by atoms with Gasteiger partial charge in [0.15, 0.2) is 5.82 Å². The van der Waals surface area contributed by atoms with E-state index >= 15 is 0 Å². The van der Waals surface area contributed by atoms with Crippen LogP contribution in [0, 0.1) is 0 Å². The van der Waals surface area contributed by atoms with Crippen molar-refractivity contribution in [2.45, 2.75) is 6.92 Å². The van der Waals surface area contributed by atoms with Crippen molar-refractivity contribution < 1.29 is 4.74 Å². The molecule has 0 atom stereocenters. The van der Waals surface area contributed by atoms with E-state index in [1.807, 2.05) is 45.3 Å². The van der Waals surface area contributed by atoms with Crippen LogP contribution in [0.15, 0.2) is 24.3 Å². The predicted octanol–water partition coefficient (Wildman–Crippen LogP) is 2.66. The third-order valence-corrected chi connectivity index (χ3v) is 2.57. The molecule has 0 radical (unpaired) electrons. The Balaban J connectivity index is 2.43. The van der Waals surface area contributed by atoms with Crippen LogP contribution in [0.2, 0.25) is 5.28 Å². The van der Waals surface area contributed by atoms with Crippen molar-refractivity contribution in [1.82, 2.24) is 15.0 Å². The number of benzene rings is 1. The number of aromatic nitrogens is 3. The zero-order valence-corrected chi connectivity index (χ0v) is 11.8. The molecular formula is C13H15ClN4O. The molecule has 0 fully saturated rings. The highest BCUT2D eigenvalue weighted by Crippen LogP contribution is 2.23. The van der Waals surface area contributed by atoms with Gasteiger partial charge in [0.2, 0.25) is 11.2 Å². The van der Waals surface area contributed by atoms with Crippen molar-refractivity contribution in [1.29, 1.82) is 0 Å². The highest BCUT2D eigenvalue weighted by molar-refractivity contribution is 6.28. The smallest absolute Gasteiger partial charge is 0.229 e. The van der Waals surface area contributed by atoms with Gasteiger partial charge in [-0.3, -0.25) is 0 Å². The quantitative estimate of drug-likeness (QED) is 0.860. The van der Waals surface area contributed by atoms with E-state index in [1.54, 1.807) is 4.90 Å². The number of anilines is 1. The molecule has 0 saturated heterocycles. The molecule has 100 valence electrons. The first-order chi connectivity index (χ1) is 9.10. The van der Waals surface area contributed by atoms with E-state index in [9.17, 15) is 0 Å². The summed E-state index contributed by atoms with van der Waals surface area (Å²) in [6, 6.07) is 7.58. The Morgan fingerprint density at radius 3 is 2.68 bits per heavy atom. The molecule has 0 aliphatic rings. The molecule has 2 rings (SSSR count). The van der Waals surface area contributed by atoms with E-state index in [0.717, 1.165) is 11.3 Å². The highest BCUT2D eigenvalue weighted by Gasteiger charge is 2.09. The predicted molar refractivity (Wildman–Crippen MR) is 75.8 cm³/mol. The summed E-state index contributed by atoms with van der Waals surface area (Å²) < 4.78 is 5.46. The lowest BCUT2D eigenvalue weighted by molar-refractivity contribution is 0.340. The molecule has 0 N–H and O–H groups in total. The van der Waals surface area contributed by atoms with Crippen LogP contribution in [0.1, 0.15) is 6.92 Å². The Labute approximate surface area is 117 Å². The SMILES string of the molecule is CCOc1cccc(-c2nc(Cl)nc(N(C)C)n2)c1. The average Bonchev–Trinajstić information content (AvgIpc) is 2.38.